The summed E-state index contributed by atoms with van der Waals surface area (Å²) in [4.78, 5) is 11.7. The molecular formula is C13H14N2O4S. The second-order valence-corrected chi connectivity index (χ2v) is 6.20. The van der Waals surface area contributed by atoms with Crippen LogP contribution in [0.1, 0.15) is 16.9 Å². The normalized spacial score (nSPS) is 11.2. The Morgan fingerprint density at radius 2 is 1.95 bits per heavy atom. The van der Waals surface area contributed by atoms with Crippen LogP contribution < -0.4 is 0 Å². The molecule has 7 heteroatoms. The van der Waals surface area contributed by atoms with Crippen LogP contribution in [0, 0.1) is 0 Å². The van der Waals surface area contributed by atoms with Crippen LogP contribution in [0.15, 0.2) is 47.5 Å². The Balaban J connectivity index is 1.80. The van der Waals surface area contributed by atoms with Crippen LogP contribution in [0.2, 0.25) is 0 Å². The molecule has 0 amide bonds. The summed E-state index contributed by atoms with van der Waals surface area (Å²) >= 11 is 0. The molecule has 0 saturated heterocycles. The van der Waals surface area contributed by atoms with Gasteiger partial charge in [0.15, 0.2) is 9.84 Å². The minimum atomic E-state index is -3.32. The van der Waals surface area contributed by atoms with Crippen LogP contribution in [0.25, 0.3) is 0 Å². The zero-order valence-corrected chi connectivity index (χ0v) is 11.5. The maximum absolute atomic E-state index is 11.9. The lowest BCUT2D eigenvalue weighted by Gasteiger charge is -2.05. The van der Waals surface area contributed by atoms with Crippen LogP contribution in [0.3, 0.4) is 0 Å². The van der Waals surface area contributed by atoms with Crippen molar-refractivity contribution in [1.29, 1.82) is 0 Å². The lowest BCUT2D eigenvalue weighted by molar-refractivity contribution is 0.0499. The number of aromatic nitrogens is 2. The number of nitrogens with one attached hydrogen (secondary N) is 1. The van der Waals surface area contributed by atoms with E-state index in [0.29, 0.717) is 0 Å². The van der Waals surface area contributed by atoms with E-state index in [1.807, 2.05) is 0 Å². The van der Waals surface area contributed by atoms with E-state index >= 15 is 0 Å². The fraction of sp³-hybridized carbons (Fsp3) is 0.231. The van der Waals surface area contributed by atoms with Crippen molar-refractivity contribution in [3.8, 4) is 0 Å². The van der Waals surface area contributed by atoms with Gasteiger partial charge in [-0.25, -0.2) is 13.2 Å². The number of ether oxygens (including phenoxy) is 1. The second-order valence-electron chi connectivity index (χ2n) is 4.09. The molecule has 0 saturated carbocycles. The van der Waals surface area contributed by atoms with Crippen molar-refractivity contribution in [3.63, 3.8) is 0 Å². The van der Waals surface area contributed by atoms with Crippen LogP contribution in [0.5, 0.6) is 0 Å². The molecule has 1 aromatic carbocycles. The van der Waals surface area contributed by atoms with E-state index < -0.39 is 15.8 Å². The molecule has 1 N–H and O–H groups in total. The molecule has 6 nitrogen and oxygen atoms in total. The summed E-state index contributed by atoms with van der Waals surface area (Å²) in [5, 5.41) is 6.11. The maximum atomic E-state index is 11.9. The van der Waals surface area contributed by atoms with E-state index in [1.165, 1.54) is 12.3 Å². The molecule has 0 spiro atoms. The number of hydrogen-bond donors (Lipinski definition) is 1. The van der Waals surface area contributed by atoms with Crippen LogP contribution in [-0.2, 0) is 14.6 Å². The number of aromatic amines is 1. The van der Waals surface area contributed by atoms with Gasteiger partial charge in [0, 0.05) is 6.20 Å². The molecule has 2 rings (SSSR count). The minimum absolute atomic E-state index is 0.0456. The summed E-state index contributed by atoms with van der Waals surface area (Å²) in [5.74, 6) is -0.604. The standard InChI is InChI=1S/C13H14N2O4S/c16-13(12-7-8-14-15-12)19-9-4-10-20(17,18)11-5-2-1-3-6-11/h1-3,5-8H,4,9-10H2,(H,14,15). The molecule has 0 aliphatic carbocycles. The lowest BCUT2D eigenvalue weighted by Crippen LogP contribution is -2.12. The van der Waals surface area contributed by atoms with Gasteiger partial charge in [-0.3, -0.25) is 5.10 Å². The summed E-state index contributed by atoms with van der Waals surface area (Å²) in [6.45, 7) is 0.0456. The number of hydrogen-bond acceptors (Lipinski definition) is 5. The van der Waals surface area contributed by atoms with E-state index in [4.69, 9.17) is 4.74 Å². The zero-order valence-electron chi connectivity index (χ0n) is 10.7. The average Bonchev–Trinajstić information content (AvgIpc) is 2.98. The molecule has 0 atom stereocenters. The molecule has 0 unspecified atom stereocenters. The number of esters is 1. The van der Waals surface area contributed by atoms with Crippen molar-refractivity contribution in [2.75, 3.05) is 12.4 Å². The molecule has 0 bridgehead atoms. The predicted molar refractivity (Wildman–Crippen MR) is 72.0 cm³/mol. The quantitative estimate of drug-likeness (QED) is 0.643. The Morgan fingerprint density at radius 1 is 1.20 bits per heavy atom. The van der Waals surface area contributed by atoms with Gasteiger partial charge in [0.2, 0.25) is 0 Å². The molecule has 106 valence electrons. The first-order chi connectivity index (χ1) is 9.59. The lowest BCUT2D eigenvalue weighted by atomic mass is 10.4. The summed E-state index contributed by atoms with van der Waals surface area (Å²) in [7, 11) is -3.32. The van der Waals surface area contributed by atoms with Crippen molar-refractivity contribution >= 4 is 15.8 Å². The Bertz CT molecular complexity index is 651. The van der Waals surface area contributed by atoms with Gasteiger partial charge in [0.05, 0.1) is 17.3 Å². The third kappa shape index (κ3) is 3.67. The Morgan fingerprint density at radius 3 is 2.60 bits per heavy atom. The molecule has 0 aliphatic heterocycles. The van der Waals surface area contributed by atoms with E-state index in [1.54, 1.807) is 30.3 Å². The summed E-state index contributed by atoms with van der Waals surface area (Å²) in [5.41, 5.74) is 0.246. The highest BCUT2D eigenvalue weighted by Crippen LogP contribution is 2.11. The number of carbonyl (C=O) groups is 1. The topological polar surface area (TPSA) is 89.1 Å². The van der Waals surface area contributed by atoms with E-state index in [2.05, 4.69) is 10.2 Å². The molecule has 0 fully saturated rings. The van der Waals surface area contributed by atoms with Crippen molar-refractivity contribution in [1.82, 2.24) is 10.2 Å². The number of H-pyrrole nitrogens is 1. The average molecular weight is 294 g/mol. The first kappa shape index (κ1) is 14.3. The van der Waals surface area contributed by atoms with Crippen LogP contribution in [0.4, 0.5) is 0 Å². The molecule has 2 aromatic rings. The number of nitrogens with zero attached hydrogens (tertiary/aromatic N) is 1. The molecule has 1 heterocycles. The smallest absolute Gasteiger partial charge is 0.356 e. The van der Waals surface area contributed by atoms with E-state index in [9.17, 15) is 13.2 Å². The first-order valence-electron chi connectivity index (χ1n) is 6.04. The zero-order chi connectivity index (χ0) is 14.4. The highest BCUT2D eigenvalue weighted by molar-refractivity contribution is 7.91. The van der Waals surface area contributed by atoms with Crippen LogP contribution >= 0.6 is 0 Å². The molecule has 1 aromatic heterocycles. The van der Waals surface area contributed by atoms with Gasteiger partial charge in [-0.1, -0.05) is 18.2 Å². The number of rotatable bonds is 6. The van der Waals surface area contributed by atoms with Gasteiger partial charge in [-0.05, 0) is 24.6 Å². The van der Waals surface area contributed by atoms with Crippen molar-refractivity contribution in [3.05, 3.63) is 48.3 Å². The maximum Gasteiger partial charge on any atom is 0.356 e. The van der Waals surface area contributed by atoms with E-state index in [-0.39, 0.29) is 29.4 Å². The van der Waals surface area contributed by atoms with Gasteiger partial charge < -0.3 is 4.74 Å². The number of benzene rings is 1. The van der Waals surface area contributed by atoms with Crippen molar-refractivity contribution < 1.29 is 17.9 Å². The summed E-state index contributed by atoms with van der Waals surface area (Å²) < 4.78 is 28.8. The summed E-state index contributed by atoms with van der Waals surface area (Å²) in [6.07, 6.45) is 1.69. The molecular weight excluding hydrogens is 280 g/mol. The van der Waals surface area contributed by atoms with Gasteiger partial charge in [0.1, 0.15) is 5.69 Å². The minimum Gasteiger partial charge on any atom is -0.461 e. The Labute approximate surface area is 116 Å². The summed E-state index contributed by atoms with van der Waals surface area (Å²) in [6, 6.07) is 9.68. The van der Waals surface area contributed by atoms with E-state index in [0.717, 1.165) is 0 Å². The van der Waals surface area contributed by atoms with Gasteiger partial charge in [-0.2, -0.15) is 5.10 Å². The third-order valence-corrected chi connectivity index (χ3v) is 4.43. The van der Waals surface area contributed by atoms with Crippen molar-refractivity contribution in [2.45, 2.75) is 11.3 Å². The fourth-order valence-corrected chi connectivity index (χ4v) is 2.91. The number of sulfone groups is 1. The molecule has 0 radical (unpaired) electrons. The van der Waals surface area contributed by atoms with Gasteiger partial charge in [-0.15, -0.1) is 0 Å². The highest BCUT2D eigenvalue weighted by atomic mass is 32.2. The van der Waals surface area contributed by atoms with Crippen molar-refractivity contribution in [2.24, 2.45) is 0 Å². The Hall–Kier alpha value is -2.15. The SMILES string of the molecule is O=C(OCCCS(=O)(=O)c1ccccc1)c1ccn[nH]1. The highest BCUT2D eigenvalue weighted by Gasteiger charge is 2.14. The molecule has 20 heavy (non-hydrogen) atoms. The molecule has 0 aliphatic rings. The predicted octanol–water partition coefficient (Wildman–Crippen LogP) is 1.43. The number of carbonyl (C=O) groups excluding carboxylic acids is 1. The van der Waals surface area contributed by atoms with Crippen LogP contribution in [-0.4, -0.2) is 36.9 Å². The Kier molecular flexibility index (Phi) is 4.52. The monoisotopic (exact) mass is 294 g/mol. The first-order valence-corrected chi connectivity index (χ1v) is 7.69. The fourth-order valence-electron chi connectivity index (χ4n) is 1.61. The second kappa shape index (κ2) is 6.33. The van der Waals surface area contributed by atoms with Gasteiger partial charge >= 0.3 is 5.97 Å². The third-order valence-electron chi connectivity index (χ3n) is 2.61. The van der Waals surface area contributed by atoms with Gasteiger partial charge in [0.25, 0.3) is 0 Å². The largest absolute Gasteiger partial charge is 0.461 e.